The van der Waals surface area contributed by atoms with Crippen molar-refractivity contribution in [3.8, 4) is 29.6 Å². The normalized spacial score (nSPS) is 12.5. The summed E-state index contributed by atoms with van der Waals surface area (Å²) in [7, 11) is 1.69. The minimum atomic E-state index is -0.702. The van der Waals surface area contributed by atoms with Gasteiger partial charge in [0.05, 0.1) is 19.2 Å². The summed E-state index contributed by atoms with van der Waals surface area (Å²) in [6.07, 6.45) is 8.75. The molecule has 1 aliphatic carbocycles. The second kappa shape index (κ2) is 18.2. The number of terminal acetylenes is 1. The highest BCUT2D eigenvalue weighted by atomic mass is 16.5. The lowest BCUT2D eigenvalue weighted by molar-refractivity contribution is 0.0730. The molecule has 2 N–H and O–H groups in total. The number of hydrogen-bond donors (Lipinski definition) is 2. The zero-order valence-electron chi connectivity index (χ0n) is 23.9. The molecule has 0 radical (unpaired) electrons. The predicted octanol–water partition coefficient (Wildman–Crippen LogP) is 7.16. The summed E-state index contributed by atoms with van der Waals surface area (Å²) in [6.45, 7) is 10.3. The van der Waals surface area contributed by atoms with Gasteiger partial charge >= 0.3 is 5.97 Å². The van der Waals surface area contributed by atoms with E-state index in [0.29, 0.717) is 18.2 Å². The Kier molecular flexibility index (Phi) is 15.4. The van der Waals surface area contributed by atoms with Gasteiger partial charge < -0.3 is 14.6 Å². The predicted molar refractivity (Wildman–Crippen MR) is 158 cm³/mol. The van der Waals surface area contributed by atoms with Gasteiger partial charge in [0, 0.05) is 6.04 Å². The number of phenolic OH excluding ortho intramolecular Hbond substituents is 1. The average molecular weight is 532 g/mol. The lowest BCUT2D eigenvalue weighted by Crippen LogP contribution is -2.19. The van der Waals surface area contributed by atoms with Crippen molar-refractivity contribution < 1.29 is 24.2 Å². The third-order valence-corrected chi connectivity index (χ3v) is 5.47. The van der Waals surface area contributed by atoms with Crippen molar-refractivity contribution >= 4 is 11.8 Å². The molecular formula is C33H41NO5. The fraction of sp³-hybridized carbons (Fsp3) is 0.333. The summed E-state index contributed by atoms with van der Waals surface area (Å²) in [6, 6.07) is 19.2. The van der Waals surface area contributed by atoms with Gasteiger partial charge in [-0.25, -0.2) is 4.79 Å². The van der Waals surface area contributed by atoms with E-state index in [1.165, 1.54) is 42.7 Å². The van der Waals surface area contributed by atoms with E-state index in [2.05, 4.69) is 37.2 Å². The van der Waals surface area contributed by atoms with Crippen LogP contribution in [-0.4, -0.2) is 30.5 Å². The summed E-state index contributed by atoms with van der Waals surface area (Å²) < 4.78 is 10.4. The highest BCUT2D eigenvalue weighted by Gasteiger charge is 2.22. The van der Waals surface area contributed by atoms with Crippen LogP contribution in [0.3, 0.4) is 0 Å². The van der Waals surface area contributed by atoms with Gasteiger partial charge in [0.15, 0.2) is 5.78 Å². The number of rotatable bonds is 6. The highest BCUT2D eigenvalue weighted by Crippen LogP contribution is 2.33. The Balaban J connectivity index is 0.000000341. The quantitative estimate of drug-likeness (QED) is 0.152. The van der Waals surface area contributed by atoms with Crippen molar-refractivity contribution in [1.29, 1.82) is 0 Å². The molecule has 0 saturated carbocycles. The number of methoxy groups -OCH3 is 1. The molecule has 1 aliphatic rings. The minimum Gasteiger partial charge on any atom is -0.507 e. The lowest BCUT2D eigenvalue weighted by Gasteiger charge is -2.12. The number of carbonyl (C=O) groups is 2. The molecule has 6 heteroatoms. The van der Waals surface area contributed by atoms with Gasteiger partial charge in [0.1, 0.15) is 22.8 Å². The number of carbonyl (C=O) groups excluding carboxylic acids is 2. The zero-order chi connectivity index (χ0) is 29.2. The molecule has 208 valence electrons. The first-order valence-corrected chi connectivity index (χ1v) is 13.3. The highest BCUT2D eigenvalue weighted by molar-refractivity contribution is 5.99. The second-order valence-electron chi connectivity index (χ2n) is 8.41. The number of fused-ring (bicyclic) bond motifs is 1. The van der Waals surface area contributed by atoms with Crippen LogP contribution in [0.2, 0.25) is 0 Å². The Morgan fingerprint density at radius 1 is 1.03 bits per heavy atom. The molecule has 3 aromatic rings. The van der Waals surface area contributed by atoms with Gasteiger partial charge in [-0.3, -0.25) is 10.1 Å². The molecule has 0 amide bonds. The van der Waals surface area contributed by atoms with E-state index in [-0.39, 0.29) is 22.8 Å². The van der Waals surface area contributed by atoms with Crippen LogP contribution < -0.4 is 14.8 Å². The Bertz CT molecular complexity index is 1230. The third-order valence-electron chi connectivity index (χ3n) is 5.47. The Labute approximate surface area is 233 Å². The fourth-order valence-electron chi connectivity index (χ4n) is 3.75. The van der Waals surface area contributed by atoms with Crippen LogP contribution in [-0.2, 0) is 6.42 Å². The topological polar surface area (TPSA) is 84.9 Å². The number of nitrogens with one attached hydrogen (secondary N) is 1. The van der Waals surface area contributed by atoms with Crippen LogP contribution in [0.15, 0.2) is 66.7 Å². The number of phenols is 1. The van der Waals surface area contributed by atoms with E-state index < -0.39 is 5.97 Å². The molecule has 0 fully saturated rings. The smallest absolute Gasteiger partial charge is 0.347 e. The van der Waals surface area contributed by atoms with Crippen LogP contribution in [0, 0.1) is 12.3 Å². The Morgan fingerprint density at radius 2 is 1.64 bits per heavy atom. The number of esters is 1. The molecule has 0 saturated heterocycles. The van der Waals surface area contributed by atoms with Gasteiger partial charge in [-0.15, -0.1) is 6.42 Å². The molecule has 0 bridgehead atoms. The first-order valence-electron chi connectivity index (χ1n) is 13.3. The molecule has 0 heterocycles. The second-order valence-corrected chi connectivity index (χ2v) is 8.41. The van der Waals surface area contributed by atoms with E-state index in [0.717, 1.165) is 18.6 Å². The van der Waals surface area contributed by atoms with Crippen molar-refractivity contribution in [1.82, 2.24) is 5.32 Å². The molecular weight excluding hydrogens is 490 g/mol. The molecule has 39 heavy (non-hydrogen) atoms. The van der Waals surface area contributed by atoms with Crippen molar-refractivity contribution in [3.63, 3.8) is 0 Å². The van der Waals surface area contributed by atoms with E-state index in [4.69, 9.17) is 15.9 Å². The number of aryl methyl sites for hydroxylation is 1. The number of para-hydroxylation sites is 2. The van der Waals surface area contributed by atoms with Gasteiger partial charge in [0.2, 0.25) is 0 Å². The summed E-state index contributed by atoms with van der Waals surface area (Å²) >= 11 is 0. The van der Waals surface area contributed by atoms with E-state index in [1.807, 2.05) is 19.9 Å². The van der Waals surface area contributed by atoms with Gasteiger partial charge in [-0.2, -0.15) is 0 Å². The van der Waals surface area contributed by atoms with Gasteiger partial charge in [0.25, 0.3) is 0 Å². The minimum absolute atomic E-state index is 0.0563. The molecule has 3 aromatic carbocycles. The number of ether oxygens (including phenoxy) is 2. The maximum atomic E-state index is 11.9. The molecule has 0 aliphatic heterocycles. The van der Waals surface area contributed by atoms with Crippen LogP contribution in [0.4, 0.5) is 0 Å². The molecule has 0 aromatic heterocycles. The van der Waals surface area contributed by atoms with Gasteiger partial charge in [-0.1, -0.05) is 70.4 Å². The third kappa shape index (κ3) is 10.3. The summed E-state index contributed by atoms with van der Waals surface area (Å²) in [5.74, 6) is 2.66. The van der Waals surface area contributed by atoms with Crippen molar-refractivity contribution in [2.75, 3.05) is 13.7 Å². The molecule has 1 atom stereocenters. The Hall–Kier alpha value is -4.08. The van der Waals surface area contributed by atoms with Crippen molar-refractivity contribution in [2.45, 2.75) is 59.9 Å². The largest absolute Gasteiger partial charge is 0.507 e. The maximum Gasteiger partial charge on any atom is 0.347 e. The molecule has 0 unspecified atom stereocenters. The van der Waals surface area contributed by atoms with Crippen LogP contribution >= 0.6 is 0 Å². The SMILES string of the molecule is C#CCN[C@@H]1CCc2ccc(OC)cc21.CC.CC(=O)c1ccccc1OC(=O)c1ccccc1O.CCC. The summed E-state index contributed by atoms with van der Waals surface area (Å²) in [5, 5.41) is 12.9. The van der Waals surface area contributed by atoms with E-state index >= 15 is 0 Å². The number of aromatic hydroxyl groups is 1. The first kappa shape index (κ1) is 32.9. The maximum absolute atomic E-state index is 11.9. The van der Waals surface area contributed by atoms with Crippen LogP contribution in [0.1, 0.15) is 85.3 Å². The van der Waals surface area contributed by atoms with Gasteiger partial charge in [-0.05, 0) is 67.3 Å². The van der Waals surface area contributed by atoms with Crippen LogP contribution in [0.25, 0.3) is 0 Å². The van der Waals surface area contributed by atoms with Crippen LogP contribution in [0.5, 0.6) is 17.2 Å². The molecule has 0 spiro atoms. The number of Topliss-reactive ketones (excluding diaryl/α,β-unsaturated/α-hetero) is 1. The zero-order valence-corrected chi connectivity index (χ0v) is 23.9. The number of hydrogen-bond acceptors (Lipinski definition) is 6. The summed E-state index contributed by atoms with van der Waals surface area (Å²) in [4.78, 5) is 23.3. The van der Waals surface area contributed by atoms with Crippen molar-refractivity contribution in [3.05, 3.63) is 89.0 Å². The van der Waals surface area contributed by atoms with E-state index in [1.54, 1.807) is 37.4 Å². The number of ketones is 1. The standard InChI is InChI=1S/C15H12O4.C13H15NO.C3H8.C2H6/c1-10(16)11-6-3-5-9-14(11)19-15(18)12-7-2-4-8-13(12)17;1-3-8-14-13-7-5-10-4-6-11(15-2)9-12(10)13;1-3-2;1-2/h2-9,17H,1H3;1,4,6,9,13-14H,5,7-8H2,2H3;3H2,1-2H3;1-2H3/t;13-;;/m.1../s1. The summed E-state index contributed by atoms with van der Waals surface area (Å²) in [5.41, 5.74) is 3.13. The molecule has 4 rings (SSSR count). The first-order chi connectivity index (χ1) is 18.9. The van der Waals surface area contributed by atoms with E-state index in [9.17, 15) is 14.7 Å². The lowest BCUT2D eigenvalue weighted by atomic mass is 10.1. The van der Waals surface area contributed by atoms with Crippen molar-refractivity contribution in [2.24, 2.45) is 0 Å². The fourth-order valence-corrected chi connectivity index (χ4v) is 3.75. The Morgan fingerprint density at radius 3 is 2.23 bits per heavy atom. The average Bonchev–Trinajstić information content (AvgIpc) is 3.36. The monoisotopic (exact) mass is 531 g/mol. The molecule has 6 nitrogen and oxygen atoms in total. The number of benzene rings is 3.